The number of thioether (sulfide) groups is 1. The van der Waals surface area contributed by atoms with E-state index in [9.17, 15) is 9.59 Å². The number of ether oxygens (including phenoxy) is 1. The van der Waals surface area contributed by atoms with Gasteiger partial charge in [0.15, 0.2) is 0 Å². The van der Waals surface area contributed by atoms with E-state index in [0.717, 1.165) is 27.1 Å². The number of carbonyl (C=O) groups excluding carboxylic acids is 2. The third-order valence-corrected chi connectivity index (χ3v) is 6.17. The minimum Gasteiger partial charge on any atom is -0.497 e. The number of carbonyl (C=O) groups is 2. The Morgan fingerprint density at radius 1 is 1.07 bits per heavy atom. The number of benzene rings is 2. The average molecular weight is 493 g/mol. The Kier molecular flexibility index (Phi) is 10.2. The first-order valence-corrected chi connectivity index (χ1v) is 12.0. The highest BCUT2D eigenvalue weighted by atomic mass is 79.9. The molecule has 2 amide bonds. The number of halogens is 1. The molecule has 0 aliphatic carbocycles. The van der Waals surface area contributed by atoms with Gasteiger partial charge < -0.3 is 15.0 Å². The van der Waals surface area contributed by atoms with Gasteiger partial charge in [0.25, 0.3) is 0 Å². The number of hydrogen-bond donors (Lipinski definition) is 1. The summed E-state index contributed by atoms with van der Waals surface area (Å²) in [5.41, 5.74) is 2.12. The minimum atomic E-state index is -0.493. The van der Waals surface area contributed by atoms with Gasteiger partial charge in [0.05, 0.1) is 12.9 Å². The lowest BCUT2D eigenvalue weighted by Gasteiger charge is -2.30. The van der Waals surface area contributed by atoms with Crippen molar-refractivity contribution in [1.82, 2.24) is 10.2 Å². The van der Waals surface area contributed by atoms with Crippen LogP contribution in [0.2, 0.25) is 0 Å². The standard InChI is InChI=1S/C23H29BrN2O3S/c1-4-21(23(28)25-5-2)26(14-17-8-12-20(29-3)13-9-17)22(27)16-30-15-18-6-10-19(24)11-7-18/h6-13,21H,4-5,14-16H2,1-3H3,(H,25,28)/t21-/m1/s1. The van der Waals surface area contributed by atoms with Gasteiger partial charge in [-0.3, -0.25) is 9.59 Å². The molecule has 1 atom stereocenters. The fourth-order valence-corrected chi connectivity index (χ4v) is 4.19. The predicted octanol–water partition coefficient (Wildman–Crippen LogP) is 4.63. The third-order valence-electron chi connectivity index (χ3n) is 4.66. The van der Waals surface area contributed by atoms with Crippen molar-refractivity contribution in [3.8, 4) is 5.75 Å². The lowest BCUT2D eigenvalue weighted by Crippen LogP contribution is -2.49. The number of nitrogens with one attached hydrogen (secondary N) is 1. The fourth-order valence-electron chi connectivity index (χ4n) is 3.06. The predicted molar refractivity (Wildman–Crippen MR) is 127 cm³/mol. The Bertz CT molecular complexity index is 812. The van der Waals surface area contributed by atoms with E-state index in [1.54, 1.807) is 23.8 Å². The van der Waals surface area contributed by atoms with E-state index in [-0.39, 0.29) is 11.8 Å². The Morgan fingerprint density at radius 2 is 1.70 bits per heavy atom. The third kappa shape index (κ3) is 7.36. The van der Waals surface area contributed by atoms with Crippen LogP contribution in [0.1, 0.15) is 31.4 Å². The first-order valence-electron chi connectivity index (χ1n) is 10.0. The normalized spacial score (nSPS) is 11.6. The molecule has 1 N–H and O–H groups in total. The zero-order valence-electron chi connectivity index (χ0n) is 17.7. The van der Waals surface area contributed by atoms with Crippen LogP contribution in [0.25, 0.3) is 0 Å². The molecule has 2 aromatic carbocycles. The van der Waals surface area contributed by atoms with Gasteiger partial charge in [-0.25, -0.2) is 0 Å². The molecule has 162 valence electrons. The summed E-state index contributed by atoms with van der Waals surface area (Å²) < 4.78 is 6.25. The van der Waals surface area contributed by atoms with Gasteiger partial charge in [0, 0.05) is 23.3 Å². The first-order chi connectivity index (χ1) is 14.5. The number of nitrogens with zero attached hydrogens (tertiary/aromatic N) is 1. The Labute approximate surface area is 191 Å². The zero-order valence-corrected chi connectivity index (χ0v) is 20.1. The number of methoxy groups -OCH3 is 1. The summed E-state index contributed by atoms with van der Waals surface area (Å²) in [6.07, 6.45) is 0.561. The molecule has 0 radical (unpaired) electrons. The molecule has 0 aliphatic rings. The van der Waals surface area contributed by atoms with Crippen molar-refractivity contribution in [2.24, 2.45) is 0 Å². The van der Waals surface area contributed by atoms with Gasteiger partial charge >= 0.3 is 0 Å². The van der Waals surface area contributed by atoms with Gasteiger partial charge in [-0.2, -0.15) is 0 Å². The largest absolute Gasteiger partial charge is 0.497 e. The minimum absolute atomic E-state index is 0.0361. The first kappa shape index (κ1) is 24.3. The second-order valence-electron chi connectivity index (χ2n) is 6.81. The van der Waals surface area contributed by atoms with Crippen LogP contribution in [0, 0.1) is 0 Å². The summed E-state index contributed by atoms with van der Waals surface area (Å²) in [4.78, 5) is 27.4. The Balaban J connectivity index is 2.10. The van der Waals surface area contributed by atoms with Crippen molar-refractivity contribution < 1.29 is 14.3 Å². The Hall–Kier alpha value is -1.99. The van der Waals surface area contributed by atoms with Crippen molar-refractivity contribution in [3.05, 3.63) is 64.1 Å². The van der Waals surface area contributed by atoms with E-state index in [1.165, 1.54) is 0 Å². The van der Waals surface area contributed by atoms with E-state index < -0.39 is 6.04 Å². The van der Waals surface area contributed by atoms with Crippen LogP contribution in [0.4, 0.5) is 0 Å². The van der Waals surface area contributed by atoms with Crippen LogP contribution in [0.3, 0.4) is 0 Å². The SMILES string of the molecule is CCNC(=O)[C@@H](CC)N(Cc1ccc(OC)cc1)C(=O)CSCc1ccc(Br)cc1. The molecule has 0 aliphatic heterocycles. The molecule has 0 bridgehead atoms. The summed E-state index contributed by atoms with van der Waals surface area (Å²) in [6, 6.07) is 15.2. The highest BCUT2D eigenvalue weighted by Gasteiger charge is 2.28. The van der Waals surface area contributed by atoms with Gasteiger partial charge in [0.2, 0.25) is 11.8 Å². The monoisotopic (exact) mass is 492 g/mol. The van der Waals surface area contributed by atoms with Crippen molar-refractivity contribution >= 4 is 39.5 Å². The smallest absolute Gasteiger partial charge is 0.242 e. The molecule has 30 heavy (non-hydrogen) atoms. The molecule has 0 saturated heterocycles. The summed E-state index contributed by atoms with van der Waals surface area (Å²) in [5, 5.41) is 2.86. The van der Waals surface area contributed by atoms with E-state index in [1.807, 2.05) is 62.4 Å². The van der Waals surface area contributed by atoms with Crippen LogP contribution in [-0.4, -0.2) is 42.2 Å². The number of hydrogen-bond acceptors (Lipinski definition) is 4. The maximum Gasteiger partial charge on any atom is 0.242 e. The lowest BCUT2D eigenvalue weighted by atomic mass is 10.1. The highest BCUT2D eigenvalue weighted by Crippen LogP contribution is 2.20. The van der Waals surface area contributed by atoms with Crippen molar-refractivity contribution in [3.63, 3.8) is 0 Å². The molecule has 2 rings (SSSR count). The molecule has 0 unspecified atom stereocenters. The average Bonchev–Trinajstić information content (AvgIpc) is 2.75. The molecule has 0 heterocycles. The lowest BCUT2D eigenvalue weighted by molar-refractivity contribution is -0.139. The number of amides is 2. The molecule has 0 aromatic heterocycles. The molecular weight excluding hydrogens is 464 g/mol. The molecule has 2 aromatic rings. The topological polar surface area (TPSA) is 58.6 Å². The van der Waals surface area contributed by atoms with Crippen LogP contribution in [0.5, 0.6) is 5.75 Å². The van der Waals surface area contributed by atoms with E-state index in [2.05, 4.69) is 21.2 Å². The van der Waals surface area contributed by atoms with Crippen molar-refractivity contribution in [1.29, 1.82) is 0 Å². The summed E-state index contributed by atoms with van der Waals surface area (Å²) in [7, 11) is 1.62. The van der Waals surface area contributed by atoms with Crippen LogP contribution in [-0.2, 0) is 21.9 Å². The summed E-state index contributed by atoms with van der Waals surface area (Å²) in [6.45, 7) is 4.74. The summed E-state index contributed by atoms with van der Waals surface area (Å²) in [5.74, 6) is 1.68. The van der Waals surface area contributed by atoms with Crippen molar-refractivity contribution in [2.75, 3.05) is 19.4 Å². The van der Waals surface area contributed by atoms with E-state index in [0.29, 0.717) is 25.3 Å². The Morgan fingerprint density at radius 3 is 2.27 bits per heavy atom. The fraction of sp³-hybridized carbons (Fsp3) is 0.391. The number of rotatable bonds is 11. The molecular formula is C23H29BrN2O3S. The van der Waals surface area contributed by atoms with Gasteiger partial charge in [-0.05, 0) is 48.7 Å². The van der Waals surface area contributed by atoms with Crippen LogP contribution >= 0.6 is 27.7 Å². The second kappa shape index (κ2) is 12.6. The molecule has 0 spiro atoms. The maximum atomic E-state index is 13.1. The van der Waals surface area contributed by atoms with Crippen LogP contribution < -0.4 is 10.1 Å². The van der Waals surface area contributed by atoms with Gasteiger partial charge in [0.1, 0.15) is 11.8 Å². The maximum absolute atomic E-state index is 13.1. The molecule has 0 saturated carbocycles. The molecule has 0 fully saturated rings. The quantitative estimate of drug-likeness (QED) is 0.496. The second-order valence-corrected chi connectivity index (χ2v) is 8.71. The van der Waals surface area contributed by atoms with Gasteiger partial charge in [-0.1, -0.05) is 47.1 Å². The number of likely N-dealkylation sites (N-methyl/N-ethyl adjacent to an activating group) is 1. The molecule has 7 heteroatoms. The van der Waals surface area contributed by atoms with E-state index in [4.69, 9.17) is 4.74 Å². The van der Waals surface area contributed by atoms with Gasteiger partial charge in [-0.15, -0.1) is 11.8 Å². The molecule has 5 nitrogen and oxygen atoms in total. The highest BCUT2D eigenvalue weighted by molar-refractivity contribution is 9.10. The van der Waals surface area contributed by atoms with E-state index >= 15 is 0 Å². The van der Waals surface area contributed by atoms with Crippen molar-refractivity contribution in [2.45, 2.75) is 38.6 Å². The zero-order chi connectivity index (χ0) is 21.9. The van der Waals surface area contributed by atoms with Crippen LogP contribution in [0.15, 0.2) is 53.0 Å². The summed E-state index contributed by atoms with van der Waals surface area (Å²) >= 11 is 4.99.